The number of carboxylic acids is 1. The Morgan fingerprint density at radius 2 is 1.94 bits per heavy atom. The molecular formula is C12H21NO3. The third-order valence-corrected chi connectivity index (χ3v) is 3.33. The molecule has 1 amide bonds. The molecule has 0 radical (unpaired) electrons. The average molecular weight is 227 g/mol. The van der Waals surface area contributed by atoms with Gasteiger partial charge >= 0.3 is 5.97 Å². The molecule has 2 unspecified atom stereocenters. The molecule has 1 saturated carbocycles. The highest BCUT2D eigenvalue weighted by Gasteiger charge is 2.35. The van der Waals surface area contributed by atoms with Crippen LogP contribution in [0.5, 0.6) is 0 Å². The molecule has 2 atom stereocenters. The minimum absolute atomic E-state index is 0.0564. The summed E-state index contributed by atoms with van der Waals surface area (Å²) in [6, 6.07) is 0. The summed E-state index contributed by atoms with van der Waals surface area (Å²) in [6.07, 6.45) is 2.28. The van der Waals surface area contributed by atoms with Gasteiger partial charge in [-0.05, 0) is 25.7 Å². The van der Waals surface area contributed by atoms with Crippen LogP contribution in [0.15, 0.2) is 0 Å². The van der Waals surface area contributed by atoms with Gasteiger partial charge in [-0.25, -0.2) is 0 Å². The van der Waals surface area contributed by atoms with Crippen LogP contribution in [-0.4, -0.2) is 35.0 Å². The molecule has 4 heteroatoms. The average Bonchev–Trinajstić information content (AvgIpc) is 3.06. The molecule has 1 aliphatic carbocycles. The molecular weight excluding hydrogens is 206 g/mol. The van der Waals surface area contributed by atoms with Crippen molar-refractivity contribution in [2.75, 3.05) is 13.1 Å². The highest BCUT2D eigenvalue weighted by molar-refractivity contribution is 5.80. The van der Waals surface area contributed by atoms with Crippen LogP contribution in [0.25, 0.3) is 0 Å². The van der Waals surface area contributed by atoms with Crippen LogP contribution in [0, 0.1) is 17.8 Å². The fourth-order valence-corrected chi connectivity index (χ4v) is 1.87. The maximum atomic E-state index is 12.0. The first-order valence-corrected chi connectivity index (χ1v) is 5.99. The molecule has 0 bridgehead atoms. The quantitative estimate of drug-likeness (QED) is 0.750. The van der Waals surface area contributed by atoms with E-state index in [9.17, 15) is 9.59 Å². The van der Waals surface area contributed by atoms with Gasteiger partial charge in [0.1, 0.15) is 0 Å². The van der Waals surface area contributed by atoms with Gasteiger partial charge in [0.05, 0.1) is 5.92 Å². The number of rotatable bonds is 6. The Kier molecular flexibility index (Phi) is 4.33. The van der Waals surface area contributed by atoms with Crippen molar-refractivity contribution >= 4 is 11.9 Å². The predicted octanol–water partition coefficient (Wildman–Crippen LogP) is 1.60. The lowest BCUT2D eigenvalue weighted by Gasteiger charge is -2.26. The lowest BCUT2D eigenvalue weighted by molar-refractivity contribution is -0.143. The number of hydrogen-bond donors (Lipinski definition) is 1. The number of amides is 1. The number of hydrogen-bond acceptors (Lipinski definition) is 2. The smallest absolute Gasteiger partial charge is 0.308 e. The van der Waals surface area contributed by atoms with Crippen molar-refractivity contribution in [2.24, 2.45) is 17.8 Å². The van der Waals surface area contributed by atoms with Gasteiger partial charge in [-0.15, -0.1) is 0 Å². The van der Waals surface area contributed by atoms with Crippen molar-refractivity contribution in [3.63, 3.8) is 0 Å². The van der Waals surface area contributed by atoms with Crippen molar-refractivity contribution in [1.29, 1.82) is 0 Å². The summed E-state index contributed by atoms with van der Waals surface area (Å²) in [4.78, 5) is 24.5. The highest BCUT2D eigenvalue weighted by Crippen LogP contribution is 2.37. The number of aliphatic carboxylic acids is 1. The molecule has 0 aromatic rings. The first-order chi connectivity index (χ1) is 7.47. The minimum Gasteiger partial charge on any atom is -0.481 e. The molecule has 4 nitrogen and oxygen atoms in total. The molecule has 1 aliphatic rings. The molecule has 1 N–H and O–H groups in total. The third-order valence-electron chi connectivity index (χ3n) is 3.33. The van der Waals surface area contributed by atoms with Gasteiger partial charge in [-0.2, -0.15) is 0 Å². The molecule has 0 heterocycles. The summed E-state index contributed by atoms with van der Waals surface area (Å²) in [5.41, 5.74) is 0. The molecule has 0 aromatic heterocycles. The normalized spacial score (nSPS) is 18.9. The second-order valence-corrected chi connectivity index (χ2v) is 4.74. The van der Waals surface area contributed by atoms with E-state index in [1.165, 1.54) is 0 Å². The maximum absolute atomic E-state index is 12.0. The topological polar surface area (TPSA) is 57.6 Å². The molecule has 92 valence electrons. The number of carboxylic acid groups (broad SMARTS) is 1. The van der Waals surface area contributed by atoms with Crippen LogP contribution >= 0.6 is 0 Å². The Morgan fingerprint density at radius 3 is 2.31 bits per heavy atom. The van der Waals surface area contributed by atoms with E-state index in [2.05, 4.69) is 0 Å². The van der Waals surface area contributed by atoms with E-state index < -0.39 is 11.9 Å². The van der Waals surface area contributed by atoms with Gasteiger partial charge in [0.2, 0.25) is 5.91 Å². The second-order valence-electron chi connectivity index (χ2n) is 4.74. The summed E-state index contributed by atoms with van der Waals surface area (Å²) in [5.74, 6) is -0.638. The minimum atomic E-state index is -0.842. The second kappa shape index (κ2) is 5.32. The van der Waals surface area contributed by atoms with Crippen molar-refractivity contribution in [3.8, 4) is 0 Å². The van der Waals surface area contributed by atoms with Crippen molar-refractivity contribution in [2.45, 2.75) is 33.6 Å². The van der Waals surface area contributed by atoms with Crippen LogP contribution in [0.1, 0.15) is 33.6 Å². The van der Waals surface area contributed by atoms with E-state index in [1.54, 1.807) is 11.8 Å². The summed E-state index contributed by atoms with van der Waals surface area (Å²) >= 11 is 0. The zero-order valence-electron chi connectivity index (χ0n) is 10.3. The van der Waals surface area contributed by atoms with Crippen molar-refractivity contribution < 1.29 is 14.7 Å². The first-order valence-electron chi connectivity index (χ1n) is 5.99. The van der Waals surface area contributed by atoms with Crippen LogP contribution < -0.4 is 0 Å². The molecule has 0 spiro atoms. The Balaban J connectivity index is 2.52. The zero-order valence-corrected chi connectivity index (χ0v) is 10.3. The van der Waals surface area contributed by atoms with Crippen LogP contribution in [0.4, 0.5) is 0 Å². The van der Waals surface area contributed by atoms with E-state index >= 15 is 0 Å². The molecule has 0 saturated heterocycles. The van der Waals surface area contributed by atoms with Crippen LogP contribution in [0.3, 0.4) is 0 Å². The highest BCUT2D eigenvalue weighted by atomic mass is 16.4. The van der Waals surface area contributed by atoms with E-state index in [4.69, 9.17) is 5.11 Å². The SMILES string of the molecule is CCN(CC(C)C(=O)O)C(=O)C(C)C1CC1. The van der Waals surface area contributed by atoms with E-state index in [1.807, 2.05) is 13.8 Å². The Labute approximate surface area is 96.6 Å². The summed E-state index contributed by atoms with van der Waals surface area (Å²) < 4.78 is 0. The van der Waals surface area contributed by atoms with Gasteiger partial charge in [-0.1, -0.05) is 13.8 Å². The van der Waals surface area contributed by atoms with Crippen LogP contribution in [-0.2, 0) is 9.59 Å². The standard InChI is InChI=1S/C12H21NO3/c1-4-13(7-8(2)12(15)16)11(14)9(3)10-5-6-10/h8-10H,4-7H2,1-3H3,(H,15,16). The predicted molar refractivity (Wildman–Crippen MR) is 60.9 cm³/mol. The van der Waals surface area contributed by atoms with Crippen LogP contribution in [0.2, 0.25) is 0 Å². The summed E-state index contributed by atoms with van der Waals surface area (Å²) in [5, 5.41) is 8.83. The Bertz CT molecular complexity index is 273. The summed E-state index contributed by atoms with van der Waals surface area (Å²) in [6.45, 7) is 6.40. The zero-order chi connectivity index (χ0) is 12.3. The van der Waals surface area contributed by atoms with Gasteiger partial charge in [-0.3, -0.25) is 9.59 Å². The molecule has 1 fully saturated rings. The summed E-state index contributed by atoms with van der Waals surface area (Å²) in [7, 11) is 0. The Hall–Kier alpha value is -1.06. The number of carbonyl (C=O) groups is 2. The number of nitrogens with zero attached hydrogens (tertiary/aromatic N) is 1. The monoisotopic (exact) mass is 227 g/mol. The molecule has 0 aromatic carbocycles. The molecule has 0 aliphatic heterocycles. The van der Waals surface area contributed by atoms with E-state index in [0.717, 1.165) is 12.8 Å². The van der Waals surface area contributed by atoms with Crippen molar-refractivity contribution in [3.05, 3.63) is 0 Å². The van der Waals surface area contributed by atoms with Gasteiger partial charge < -0.3 is 10.0 Å². The van der Waals surface area contributed by atoms with Gasteiger partial charge in [0, 0.05) is 19.0 Å². The van der Waals surface area contributed by atoms with E-state index in [0.29, 0.717) is 19.0 Å². The van der Waals surface area contributed by atoms with Gasteiger partial charge in [0.15, 0.2) is 0 Å². The molecule has 16 heavy (non-hydrogen) atoms. The maximum Gasteiger partial charge on any atom is 0.308 e. The fourth-order valence-electron chi connectivity index (χ4n) is 1.87. The first kappa shape index (κ1) is 13.0. The largest absolute Gasteiger partial charge is 0.481 e. The third kappa shape index (κ3) is 3.22. The van der Waals surface area contributed by atoms with E-state index in [-0.39, 0.29) is 11.8 Å². The lowest BCUT2D eigenvalue weighted by atomic mass is 10.0. The van der Waals surface area contributed by atoms with Crippen molar-refractivity contribution in [1.82, 2.24) is 4.90 Å². The lowest BCUT2D eigenvalue weighted by Crippen LogP contribution is -2.40. The fraction of sp³-hybridized carbons (Fsp3) is 0.833. The molecule has 1 rings (SSSR count). The number of carbonyl (C=O) groups excluding carboxylic acids is 1. The Morgan fingerprint density at radius 1 is 1.38 bits per heavy atom. The van der Waals surface area contributed by atoms with Gasteiger partial charge in [0.25, 0.3) is 0 Å².